The van der Waals surface area contributed by atoms with Crippen LogP contribution < -0.4 is 5.32 Å². The van der Waals surface area contributed by atoms with Gasteiger partial charge in [0, 0.05) is 15.9 Å². The summed E-state index contributed by atoms with van der Waals surface area (Å²) in [6, 6.07) is 5.65. The van der Waals surface area contributed by atoms with Gasteiger partial charge in [-0.1, -0.05) is 33.6 Å². The van der Waals surface area contributed by atoms with E-state index in [9.17, 15) is 4.39 Å². The van der Waals surface area contributed by atoms with Crippen LogP contribution in [0.15, 0.2) is 22.7 Å². The lowest BCUT2D eigenvalue weighted by atomic mass is 9.89. The zero-order valence-electron chi connectivity index (χ0n) is 9.61. The van der Waals surface area contributed by atoms with E-state index >= 15 is 0 Å². The zero-order valence-corrected chi connectivity index (χ0v) is 12.0. The van der Waals surface area contributed by atoms with Crippen LogP contribution in [-0.2, 0) is 6.42 Å². The highest BCUT2D eigenvalue weighted by Crippen LogP contribution is 2.32. The summed E-state index contributed by atoms with van der Waals surface area (Å²) in [7, 11) is 0. The molecule has 1 unspecified atom stereocenters. The summed E-state index contributed by atoms with van der Waals surface area (Å²) < 4.78 is 15.6. The van der Waals surface area contributed by atoms with Gasteiger partial charge >= 0.3 is 0 Å². The second kappa shape index (κ2) is 5.68. The molecule has 1 fully saturated rings. The third kappa shape index (κ3) is 3.67. The molecule has 0 aromatic heterocycles. The fourth-order valence-corrected chi connectivity index (χ4v) is 3.02. The molecule has 1 atom stereocenters. The summed E-state index contributed by atoms with van der Waals surface area (Å²) in [5.74, 6) is 0. The van der Waals surface area contributed by atoms with Crippen LogP contribution in [0.25, 0.3) is 0 Å². The minimum atomic E-state index is -1.11. The second-order valence-corrected chi connectivity index (χ2v) is 5.99. The number of nitrogens with one attached hydrogen (secondary N) is 1. The number of rotatable bonds is 2. The highest BCUT2D eigenvalue weighted by atomic mass is 79.9. The number of halogens is 3. The maximum Gasteiger partial charge on any atom is 0.116 e. The highest BCUT2D eigenvalue weighted by Gasteiger charge is 2.31. The van der Waals surface area contributed by atoms with Crippen LogP contribution in [0.4, 0.5) is 4.39 Å². The molecule has 1 aromatic carbocycles. The lowest BCUT2D eigenvalue weighted by Crippen LogP contribution is -2.27. The first-order valence-electron chi connectivity index (χ1n) is 5.93. The predicted molar refractivity (Wildman–Crippen MR) is 73.4 cm³/mol. The monoisotopic (exact) mass is 319 g/mol. The summed E-state index contributed by atoms with van der Waals surface area (Å²) in [6.45, 7) is 1.67. The van der Waals surface area contributed by atoms with Crippen LogP contribution in [-0.4, -0.2) is 18.8 Å². The molecule has 0 amide bonds. The summed E-state index contributed by atoms with van der Waals surface area (Å²) >= 11 is 9.50. The molecule has 1 aromatic rings. The molecule has 0 saturated carbocycles. The van der Waals surface area contributed by atoms with E-state index in [0.29, 0.717) is 24.3 Å². The van der Waals surface area contributed by atoms with Crippen LogP contribution in [0.2, 0.25) is 5.02 Å². The molecule has 4 heteroatoms. The molecular weight excluding hydrogens is 305 g/mol. The number of benzene rings is 1. The molecule has 1 heterocycles. The van der Waals surface area contributed by atoms with Crippen molar-refractivity contribution in [1.29, 1.82) is 0 Å². The average molecular weight is 321 g/mol. The molecule has 17 heavy (non-hydrogen) atoms. The maximum absolute atomic E-state index is 14.7. The summed E-state index contributed by atoms with van der Waals surface area (Å²) in [5.41, 5.74) is -0.208. The molecule has 1 saturated heterocycles. The number of hydrogen-bond donors (Lipinski definition) is 1. The largest absolute Gasteiger partial charge is 0.317 e. The number of alkyl halides is 1. The Labute approximate surface area is 115 Å². The molecule has 1 N–H and O–H groups in total. The van der Waals surface area contributed by atoms with Crippen molar-refractivity contribution in [2.24, 2.45) is 0 Å². The molecule has 0 radical (unpaired) electrons. The van der Waals surface area contributed by atoms with Gasteiger partial charge in [-0.3, -0.25) is 0 Å². The molecule has 0 aliphatic carbocycles. The molecule has 2 rings (SSSR count). The van der Waals surface area contributed by atoms with E-state index < -0.39 is 5.67 Å². The van der Waals surface area contributed by atoms with Gasteiger partial charge in [-0.25, -0.2) is 4.39 Å². The lowest BCUT2D eigenvalue weighted by molar-refractivity contribution is 0.144. The van der Waals surface area contributed by atoms with Crippen LogP contribution in [0, 0.1) is 0 Å². The van der Waals surface area contributed by atoms with Crippen molar-refractivity contribution >= 4 is 27.5 Å². The van der Waals surface area contributed by atoms with Crippen molar-refractivity contribution in [2.45, 2.75) is 31.4 Å². The van der Waals surface area contributed by atoms with Gasteiger partial charge in [0.25, 0.3) is 0 Å². The van der Waals surface area contributed by atoms with Crippen LogP contribution in [0.5, 0.6) is 0 Å². The second-order valence-electron chi connectivity index (χ2n) is 4.67. The van der Waals surface area contributed by atoms with Gasteiger partial charge < -0.3 is 5.32 Å². The molecule has 0 bridgehead atoms. The number of hydrogen-bond acceptors (Lipinski definition) is 1. The summed E-state index contributed by atoms with van der Waals surface area (Å²) in [6.07, 6.45) is 2.50. The fraction of sp³-hybridized carbons (Fsp3) is 0.538. The SMILES string of the molecule is FC1(Cc2ccc(Br)cc2Cl)CCCNCC1. The first-order valence-corrected chi connectivity index (χ1v) is 7.10. The van der Waals surface area contributed by atoms with E-state index in [1.165, 1.54) is 0 Å². The minimum absolute atomic E-state index is 0.417. The lowest BCUT2D eigenvalue weighted by Gasteiger charge is -2.23. The Balaban J connectivity index is 2.12. The smallest absolute Gasteiger partial charge is 0.116 e. The Morgan fingerprint density at radius 1 is 1.35 bits per heavy atom. The molecule has 1 nitrogen and oxygen atoms in total. The fourth-order valence-electron chi connectivity index (χ4n) is 2.28. The van der Waals surface area contributed by atoms with Gasteiger partial charge in [-0.15, -0.1) is 0 Å². The third-order valence-electron chi connectivity index (χ3n) is 3.25. The normalized spacial score (nSPS) is 25.6. The van der Waals surface area contributed by atoms with Crippen LogP contribution in [0.1, 0.15) is 24.8 Å². The zero-order chi connectivity index (χ0) is 12.3. The van der Waals surface area contributed by atoms with Crippen molar-refractivity contribution in [3.63, 3.8) is 0 Å². The Kier molecular flexibility index (Phi) is 4.45. The van der Waals surface area contributed by atoms with E-state index in [0.717, 1.165) is 29.5 Å². The van der Waals surface area contributed by atoms with Gasteiger partial charge in [0.05, 0.1) is 0 Å². The molecular formula is C13H16BrClFN. The van der Waals surface area contributed by atoms with Crippen molar-refractivity contribution in [3.8, 4) is 0 Å². The molecule has 1 aliphatic heterocycles. The quantitative estimate of drug-likeness (QED) is 0.864. The van der Waals surface area contributed by atoms with Crippen LogP contribution >= 0.6 is 27.5 Å². The molecule has 94 valence electrons. The van der Waals surface area contributed by atoms with Crippen molar-refractivity contribution in [2.75, 3.05) is 13.1 Å². The van der Waals surface area contributed by atoms with Gasteiger partial charge in [-0.2, -0.15) is 0 Å². The average Bonchev–Trinajstić information content (AvgIpc) is 2.48. The van der Waals surface area contributed by atoms with E-state index in [1.54, 1.807) is 0 Å². The van der Waals surface area contributed by atoms with E-state index in [-0.39, 0.29) is 0 Å². The van der Waals surface area contributed by atoms with E-state index in [1.807, 2.05) is 18.2 Å². The van der Waals surface area contributed by atoms with Crippen molar-refractivity contribution in [3.05, 3.63) is 33.3 Å². The van der Waals surface area contributed by atoms with Crippen molar-refractivity contribution < 1.29 is 4.39 Å². The van der Waals surface area contributed by atoms with Crippen LogP contribution in [0.3, 0.4) is 0 Å². The van der Waals surface area contributed by atoms with E-state index in [4.69, 9.17) is 11.6 Å². The Bertz CT molecular complexity index is 389. The van der Waals surface area contributed by atoms with Gasteiger partial charge in [0.15, 0.2) is 0 Å². The Morgan fingerprint density at radius 3 is 2.94 bits per heavy atom. The highest BCUT2D eigenvalue weighted by molar-refractivity contribution is 9.10. The Morgan fingerprint density at radius 2 is 2.18 bits per heavy atom. The van der Waals surface area contributed by atoms with Gasteiger partial charge in [-0.05, 0) is 50.0 Å². The molecule has 0 spiro atoms. The maximum atomic E-state index is 14.7. The first-order chi connectivity index (χ1) is 8.09. The first kappa shape index (κ1) is 13.3. The minimum Gasteiger partial charge on any atom is -0.317 e. The van der Waals surface area contributed by atoms with Gasteiger partial charge in [0.2, 0.25) is 0 Å². The summed E-state index contributed by atoms with van der Waals surface area (Å²) in [5, 5.41) is 3.88. The standard InChI is InChI=1S/C13H16BrClFN/c14-11-3-2-10(12(15)8-11)9-13(16)4-1-6-17-7-5-13/h2-3,8,17H,1,4-7,9H2. The molecule has 1 aliphatic rings. The Hall–Kier alpha value is -0.120. The predicted octanol–water partition coefficient (Wildman–Crippen LogP) is 4.13. The van der Waals surface area contributed by atoms with Crippen molar-refractivity contribution in [1.82, 2.24) is 5.32 Å². The topological polar surface area (TPSA) is 12.0 Å². The van der Waals surface area contributed by atoms with E-state index in [2.05, 4.69) is 21.2 Å². The van der Waals surface area contributed by atoms with Gasteiger partial charge in [0.1, 0.15) is 5.67 Å². The third-order valence-corrected chi connectivity index (χ3v) is 4.10. The summed E-state index contributed by atoms with van der Waals surface area (Å²) in [4.78, 5) is 0.